The van der Waals surface area contributed by atoms with Crippen LogP contribution in [0.3, 0.4) is 0 Å². The minimum absolute atomic E-state index is 0.0822. The summed E-state index contributed by atoms with van der Waals surface area (Å²) in [6.07, 6.45) is -0.289. The van der Waals surface area contributed by atoms with Gasteiger partial charge in [0.1, 0.15) is 17.0 Å². The van der Waals surface area contributed by atoms with Crippen molar-refractivity contribution in [3.8, 4) is 29.1 Å². The molecule has 0 N–H and O–H groups in total. The van der Waals surface area contributed by atoms with Gasteiger partial charge in [-0.15, -0.1) is 0 Å². The Labute approximate surface area is 282 Å². The topological polar surface area (TPSA) is 108 Å². The zero-order valence-electron chi connectivity index (χ0n) is 28.0. The summed E-state index contributed by atoms with van der Waals surface area (Å²) in [6, 6.07) is 12.9. The van der Waals surface area contributed by atoms with Gasteiger partial charge in [0, 0.05) is 44.9 Å². The quantitative estimate of drug-likeness (QED) is 0.167. The molecular weight excluding hydrogens is 642 g/mol. The van der Waals surface area contributed by atoms with E-state index in [-0.39, 0.29) is 49.1 Å². The Morgan fingerprint density at radius 1 is 1.04 bits per heavy atom. The molecule has 4 heterocycles. The molecule has 2 saturated heterocycles. The molecule has 260 valence electrons. The first-order chi connectivity index (χ1) is 23.4. The van der Waals surface area contributed by atoms with Crippen LogP contribution in [0.5, 0.6) is 11.8 Å². The molecule has 10 nitrogen and oxygen atoms in total. The lowest BCUT2D eigenvalue weighted by Crippen LogP contribution is -2.49. The summed E-state index contributed by atoms with van der Waals surface area (Å²) in [4.78, 5) is 30.9. The summed E-state index contributed by atoms with van der Waals surface area (Å²) in [5, 5.41) is 9.38. The number of hydrogen-bond acceptors (Lipinski definition) is 9. The predicted molar refractivity (Wildman–Crippen MR) is 180 cm³/mol. The molecule has 49 heavy (non-hydrogen) atoms. The fraction of sp³-hybridized carbons (Fsp3) is 0.400. The van der Waals surface area contributed by atoms with E-state index >= 15 is 0 Å². The van der Waals surface area contributed by atoms with Gasteiger partial charge in [-0.25, -0.2) is 4.39 Å². The number of carbonyl (C=O) groups is 1. The van der Waals surface area contributed by atoms with Crippen LogP contribution in [0.25, 0.3) is 32.9 Å². The standard InChI is InChI=1S/C28H25F4N5O3.C5H11N.C2H3N/c1-16-6-4-7-18-8-5-9-19(21(16)18)22-24(40-15-28(30,31)32)23-20(14-33-22)25(35-27(34-23)39-3)36-10-12-37(13-11-36)26(38)17(2)29;1-6-4-2-3-5-6;1-2-3/h4-9,14H,2,10-13,15H2,1,3H3;2-5H2,1H3;1H3. The van der Waals surface area contributed by atoms with E-state index in [9.17, 15) is 22.4 Å². The number of aromatic nitrogens is 3. The molecule has 0 atom stereocenters. The minimum Gasteiger partial charge on any atom is -0.480 e. The maximum atomic E-state index is 13.4. The number of halogens is 4. The van der Waals surface area contributed by atoms with Crippen LogP contribution in [0, 0.1) is 18.3 Å². The van der Waals surface area contributed by atoms with Gasteiger partial charge in [0.15, 0.2) is 18.2 Å². The molecule has 6 rings (SSSR count). The van der Waals surface area contributed by atoms with Crippen molar-refractivity contribution in [1.82, 2.24) is 24.8 Å². The number of fused-ring (bicyclic) bond motifs is 2. The van der Waals surface area contributed by atoms with Crippen LogP contribution >= 0.6 is 0 Å². The molecule has 2 aliphatic heterocycles. The predicted octanol–water partition coefficient (Wildman–Crippen LogP) is 6.48. The Balaban J connectivity index is 0.000000527. The molecule has 2 aromatic carbocycles. The zero-order chi connectivity index (χ0) is 35.7. The number of nitrogens with zero attached hydrogens (tertiary/aromatic N) is 7. The molecule has 14 heteroatoms. The van der Waals surface area contributed by atoms with Crippen molar-refractivity contribution in [1.29, 1.82) is 5.26 Å². The van der Waals surface area contributed by atoms with Gasteiger partial charge in [-0.05, 0) is 56.2 Å². The molecule has 0 radical (unpaired) electrons. The maximum absolute atomic E-state index is 13.4. The van der Waals surface area contributed by atoms with Gasteiger partial charge in [-0.1, -0.05) is 43.0 Å². The first kappa shape index (κ1) is 36.8. The number of rotatable bonds is 6. The number of nitriles is 1. The van der Waals surface area contributed by atoms with E-state index in [1.54, 1.807) is 18.2 Å². The third kappa shape index (κ3) is 9.11. The van der Waals surface area contributed by atoms with Crippen LogP contribution in [-0.2, 0) is 4.79 Å². The second kappa shape index (κ2) is 16.4. The number of carbonyl (C=O) groups excluding carboxylic acids is 1. The molecule has 1 amide bonds. The van der Waals surface area contributed by atoms with Crippen molar-refractivity contribution in [2.24, 2.45) is 0 Å². The summed E-state index contributed by atoms with van der Waals surface area (Å²) in [6.45, 7) is 8.41. The van der Waals surface area contributed by atoms with Gasteiger partial charge >= 0.3 is 12.2 Å². The molecule has 0 bridgehead atoms. The van der Waals surface area contributed by atoms with E-state index in [4.69, 9.17) is 14.7 Å². The average Bonchev–Trinajstić information content (AvgIpc) is 3.57. The lowest BCUT2D eigenvalue weighted by molar-refractivity contribution is -0.153. The Morgan fingerprint density at radius 3 is 2.22 bits per heavy atom. The Hall–Kier alpha value is -5.03. The fourth-order valence-electron chi connectivity index (χ4n) is 5.74. The molecule has 4 aromatic rings. The Bertz CT molecular complexity index is 1830. The molecule has 2 aliphatic rings. The highest BCUT2D eigenvalue weighted by atomic mass is 19.4. The van der Waals surface area contributed by atoms with E-state index < -0.39 is 24.5 Å². The van der Waals surface area contributed by atoms with Crippen molar-refractivity contribution in [3.05, 3.63) is 60.6 Å². The number of piperazine rings is 1. The number of ether oxygens (including phenoxy) is 2. The van der Waals surface area contributed by atoms with Crippen molar-refractivity contribution in [3.63, 3.8) is 0 Å². The SMILES string of the molecule is C=C(F)C(=O)N1CCN(c2nc(OC)nc3c(OCC(F)(F)F)c(-c4cccc5cccc(C)c45)ncc23)CC1.CC#N.CN1CCCC1. The molecular formula is C35H39F4N7O3. The summed E-state index contributed by atoms with van der Waals surface area (Å²) < 4.78 is 64.3. The van der Waals surface area contributed by atoms with E-state index in [0.29, 0.717) is 16.8 Å². The van der Waals surface area contributed by atoms with Gasteiger partial charge in [0.05, 0.1) is 18.6 Å². The maximum Gasteiger partial charge on any atom is 0.422 e. The number of amides is 1. The third-order valence-corrected chi connectivity index (χ3v) is 8.02. The van der Waals surface area contributed by atoms with Crippen LogP contribution in [0.15, 0.2) is 55.0 Å². The zero-order valence-corrected chi connectivity index (χ0v) is 28.0. The Kier molecular flexibility index (Phi) is 12.3. The number of anilines is 1. The van der Waals surface area contributed by atoms with Crippen LogP contribution < -0.4 is 14.4 Å². The molecule has 2 fully saturated rings. The van der Waals surface area contributed by atoms with Gasteiger partial charge in [0.2, 0.25) is 0 Å². The Morgan fingerprint density at radius 2 is 1.67 bits per heavy atom. The first-order valence-electron chi connectivity index (χ1n) is 15.7. The monoisotopic (exact) mass is 681 g/mol. The third-order valence-electron chi connectivity index (χ3n) is 8.02. The van der Waals surface area contributed by atoms with Crippen LogP contribution in [0.2, 0.25) is 0 Å². The average molecular weight is 682 g/mol. The van der Waals surface area contributed by atoms with Gasteiger partial charge in [0.25, 0.3) is 5.91 Å². The first-order valence-corrected chi connectivity index (χ1v) is 15.7. The number of methoxy groups -OCH3 is 1. The number of likely N-dealkylation sites (tertiary alicyclic amines) is 1. The van der Waals surface area contributed by atoms with E-state index in [1.165, 1.54) is 51.1 Å². The number of alkyl halides is 3. The van der Waals surface area contributed by atoms with Crippen molar-refractivity contribution < 1.29 is 31.8 Å². The van der Waals surface area contributed by atoms with Gasteiger partial charge in [-0.2, -0.15) is 28.4 Å². The van der Waals surface area contributed by atoms with Gasteiger partial charge in [-0.3, -0.25) is 9.78 Å². The normalized spacial score (nSPS) is 14.8. The summed E-state index contributed by atoms with van der Waals surface area (Å²) >= 11 is 0. The molecule has 0 spiro atoms. The molecule has 0 saturated carbocycles. The lowest BCUT2D eigenvalue weighted by atomic mass is 9.97. The highest BCUT2D eigenvalue weighted by Gasteiger charge is 2.32. The summed E-state index contributed by atoms with van der Waals surface area (Å²) in [5.41, 5.74) is 1.80. The van der Waals surface area contributed by atoms with Crippen LogP contribution in [0.4, 0.5) is 23.4 Å². The highest BCUT2D eigenvalue weighted by Crippen LogP contribution is 2.41. The largest absolute Gasteiger partial charge is 0.480 e. The number of pyridine rings is 1. The summed E-state index contributed by atoms with van der Waals surface area (Å²) in [5.74, 6) is -1.65. The number of hydrogen-bond donors (Lipinski definition) is 0. The van der Waals surface area contributed by atoms with Crippen molar-refractivity contribution in [2.45, 2.75) is 32.9 Å². The van der Waals surface area contributed by atoms with E-state index in [1.807, 2.05) is 36.1 Å². The number of benzene rings is 2. The van der Waals surface area contributed by atoms with Crippen LogP contribution in [0.1, 0.15) is 25.3 Å². The van der Waals surface area contributed by atoms with Crippen molar-refractivity contribution in [2.75, 3.05) is 64.9 Å². The second-order valence-electron chi connectivity index (χ2n) is 11.5. The number of aryl methyl sites for hydroxylation is 1. The second-order valence-corrected chi connectivity index (χ2v) is 11.5. The van der Waals surface area contributed by atoms with Gasteiger partial charge < -0.3 is 24.2 Å². The molecule has 2 aromatic heterocycles. The minimum atomic E-state index is -4.61. The fourth-order valence-corrected chi connectivity index (χ4v) is 5.74. The van der Waals surface area contributed by atoms with E-state index in [0.717, 1.165) is 16.3 Å². The van der Waals surface area contributed by atoms with Crippen molar-refractivity contribution >= 4 is 33.4 Å². The molecule has 0 aliphatic carbocycles. The molecule has 0 unspecified atom stereocenters. The summed E-state index contributed by atoms with van der Waals surface area (Å²) in [7, 11) is 3.52. The lowest BCUT2D eigenvalue weighted by Gasteiger charge is -2.35. The van der Waals surface area contributed by atoms with Crippen LogP contribution in [-0.4, -0.2) is 96.9 Å². The smallest absolute Gasteiger partial charge is 0.422 e. The highest BCUT2D eigenvalue weighted by molar-refractivity contribution is 6.03. The van der Waals surface area contributed by atoms with E-state index in [2.05, 4.69) is 33.5 Å².